The fourth-order valence-electron chi connectivity index (χ4n) is 2.20. The number of rotatable bonds is 3. The van der Waals surface area contributed by atoms with Crippen molar-refractivity contribution in [2.45, 2.75) is 39.0 Å². The van der Waals surface area contributed by atoms with Gasteiger partial charge >= 0.3 is 0 Å². The fraction of sp³-hybridized carbons (Fsp3) is 0.429. The smallest absolute Gasteiger partial charge is 0.0456 e. The van der Waals surface area contributed by atoms with Crippen molar-refractivity contribution in [3.63, 3.8) is 0 Å². The summed E-state index contributed by atoms with van der Waals surface area (Å²) in [7, 11) is 0. The molecule has 0 bridgehead atoms. The molecule has 1 N–H and O–H groups in total. The molecule has 0 unspecified atom stereocenters. The largest absolute Gasteiger partial charge is 0.358 e. The summed E-state index contributed by atoms with van der Waals surface area (Å²) in [5, 5.41) is 1.32. The molecule has 2 aromatic rings. The Labute approximate surface area is 91.5 Å². The molecule has 1 heteroatoms. The van der Waals surface area contributed by atoms with Crippen molar-refractivity contribution < 1.29 is 0 Å². The molecule has 0 aliphatic rings. The van der Waals surface area contributed by atoms with E-state index in [2.05, 4.69) is 56.1 Å². The van der Waals surface area contributed by atoms with Gasteiger partial charge in [0.05, 0.1) is 0 Å². The van der Waals surface area contributed by atoms with Gasteiger partial charge in [0.1, 0.15) is 0 Å². The maximum absolute atomic E-state index is 3.52. The zero-order chi connectivity index (χ0) is 10.9. The number of hydrogen-bond donors (Lipinski definition) is 1. The summed E-state index contributed by atoms with van der Waals surface area (Å²) in [6.45, 7) is 6.85. The van der Waals surface area contributed by atoms with E-state index in [0.717, 1.165) is 0 Å². The highest BCUT2D eigenvalue weighted by atomic mass is 14.7. The van der Waals surface area contributed by atoms with Crippen LogP contribution in [0.2, 0.25) is 0 Å². The van der Waals surface area contributed by atoms with Gasteiger partial charge in [-0.1, -0.05) is 45.4 Å². The molecule has 1 nitrogen and oxygen atoms in total. The lowest BCUT2D eigenvalue weighted by atomic mass is 9.85. The number of hydrogen-bond acceptors (Lipinski definition) is 0. The molecule has 15 heavy (non-hydrogen) atoms. The second-order valence-electron chi connectivity index (χ2n) is 4.90. The molecule has 2 rings (SSSR count). The van der Waals surface area contributed by atoms with Crippen molar-refractivity contribution in [2.24, 2.45) is 0 Å². The third-order valence-corrected chi connectivity index (χ3v) is 3.13. The average molecular weight is 201 g/mol. The van der Waals surface area contributed by atoms with Crippen molar-refractivity contribution in [2.75, 3.05) is 0 Å². The molecule has 1 heterocycles. The van der Waals surface area contributed by atoms with E-state index < -0.39 is 0 Å². The predicted molar refractivity (Wildman–Crippen MR) is 66.2 cm³/mol. The molecule has 0 saturated carbocycles. The van der Waals surface area contributed by atoms with Crippen molar-refractivity contribution >= 4 is 10.9 Å². The van der Waals surface area contributed by atoms with Gasteiger partial charge in [-0.3, -0.25) is 0 Å². The first-order valence-electron chi connectivity index (χ1n) is 5.72. The Balaban J connectivity index is 2.44. The quantitative estimate of drug-likeness (QED) is 0.764. The zero-order valence-electron chi connectivity index (χ0n) is 9.80. The molecule has 0 amide bonds. The fourth-order valence-corrected chi connectivity index (χ4v) is 2.20. The summed E-state index contributed by atoms with van der Waals surface area (Å²) in [5.74, 6) is 0. The number of benzene rings is 1. The Bertz CT molecular complexity index is 418. The van der Waals surface area contributed by atoms with E-state index in [0.29, 0.717) is 0 Å². The minimum atomic E-state index is 0.258. The molecular weight excluding hydrogens is 182 g/mol. The minimum absolute atomic E-state index is 0.258. The van der Waals surface area contributed by atoms with Crippen LogP contribution in [0.3, 0.4) is 0 Å². The lowest BCUT2D eigenvalue weighted by molar-refractivity contribution is 0.463. The van der Waals surface area contributed by atoms with Gasteiger partial charge in [0.15, 0.2) is 0 Å². The van der Waals surface area contributed by atoms with E-state index in [1.54, 1.807) is 0 Å². The molecule has 1 aromatic carbocycles. The van der Waals surface area contributed by atoms with Gasteiger partial charge in [-0.2, -0.15) is 0 Å². The molecule has 0 atom stereocenters. The summed E-state index contributed by atoms with van der Waals surface area (Å²) in [5.41, 5.74) is 2.86. The van der Waals surface area contributed by atoms with Gasteiger partial charge in [0, 0.05) is 16.6 Å². The lowest BCUT2D eigenvalue weighted by Gasteiger charge is -2.22. The summed E-state index contributed by atoms with van der Waals surface area (Å²) in [6, 6.07) is 10.8. The highest BCUT2D eigenvalue weighted by molar-refractivity contribution is 5.80. The number of para-hydroxylation sites is 1. The van der Waals surface area contributed by atoms with Crippen LogP contribution in [0.4, 0.5) is 0 Å². The topological polar surface area (TPSA) is 15.8 Å². The first-order valence-corrected chi connectivity index (χ1v) is 5.72. The summed E-state index contributed by atoms with van der Waals surface area (Å²) in [4.78, 5) is 3.52. The van der Waals surface area contributed by atoms with Crippen LogP contribution in [0.25, 0.3) is 10.9 Å². The maximum atomic E-state index is 3.52. The molecule has 0 aliphatic heterocycles. The van der Waals surface area contributed by atoms with Crippen molar-refractivity contribution in [1.29, 1.82) is 0 Å². The standard InChI is InChI=1S/C14H19N/c1-4-9-14(2,3)13-10-11-7-5-6-8-12(11)15-13/h5-8,10,15H,4,9H2,1-3H3. The highest BCUT2D eigenvalue weighted by Gasteiger charge is 2.21. The summed E-state index contributed by atoms with van der Waals surface area (Å²) in [6.07, 6.45) is 2.45. The van der Waals surface area contributed by atoms with Crippen LogP contribution in [0.15, 0.2) is 30.3 Å². The first kappa shape index (κ1) is 10.3. The molecule has 0 saturated heterocycles. The van der Waals surface area contributed by atoms with Crippen molar-refractivity contribution in [3.8, 4) is 0 Å². The molecule has 0 aliphatic carbocycles. The number of nitrogens with one attached hydrogen (secondary N) is 1. The van der Waals surface area contributed by atoms with Gasteiger partial charge in [-0.25, -0.2) is 0 Å². The van der Waals surface area contributed by atoms with E-state index in [1.807, 2.05) is 0 Å². The molecule has 0 radical (unpaired) electrons. The Hall–Kier alpha value is -1.24. The molecule has 0 fully saturated rings. The SMILES string of the molecule is CCCC(C)(C)c1cc2ccccc2[nH]1. The third-order valence-electron chi connectivity index (χ3n) is 3.13. The Morgan fingerprint density at radius 2 is 1.93 bits per heavy atom. The van der Waals surface area contributed by atoms with E-state index in [1.165, 1.54) is 29.4 Å². The molecule has 1 aromatic heterocycles. The van der Waals surface area contributed by atoms with Crippen molar-refractivity contribution in [3.05, 3.63) is 36.0 Å². The molecule has 0 spiro atoms. The second-order valence-corrected chi connectivity index (χ2v) is 4.90. The van der Waals surface area contributed by atoms with Crippen LogP contribution < -0.4 is 0 Å². The third kappa shape index (κ3) is 1.92. The minimum Gasteiger partial charge on any atom is -0.358 e. The zero-order valence-corrected chi connectivity index (χ0v) is 9.80. The summed E-state index contributed by atoms with van der Waals surface area (Å²) >= 11 is 0. The Morgan fingerprint density at radius 1 is 1.20 bits per heavy atom. The number of fused-ring (bicyclic) bond motifs is 1. The second kappa shape index (κ2) is 3.73. The van der Waals surface area contributed by atoms with Gasteiger partial charge in [0.25, 0.3) is 0 Å². The lowest BCUT2D eigenvalue weighted by Crippen LogP contribution is -2.16. The van der Waals surface area contributed by atoms with Gasteiger partial charge in [-0.15, -0.1) is 0 Å². The van der Waals surface area contributed by atoms with E-state index in [9.17, 15) is 0 Å². The highest BCUT2D eigenvalue weighted by Crippen LogP contribution is 2.30. The van der Waals surface area contributed by atoms with Crippen LogP contribution in [0, 0.1) is 0 Å². The number of aromatic amines is 1. The van der Waals surface area contributed by atoms with E-state index in [4.69, 9.17) is 0 Å². The first-order chi connectivity index (χ1) is 7.13. The Morgan fingerprint density at radius 3 is 2.60 bits per heavy atom. The average Bonchev–Trinajstić information content (AvgIpc) is 2.61. The van der Waals surface area contributed by atoms with Crippen LogP contribution in [0.1, 0.15) is 39.3 Å². The monoisotopic (exact) mass is 201 g/mol. The van der Waals surface area contributed by atoms with Gasteiger partial charge in [-0.05, 0) is 23.9 Å². The predicted octanol–water partition coefficient (Wildman–Crippen LogP) is 4.25. The van der Waals surface area contributed by atoms with Crippen molar-refractivity contribution in [1.82, 2.24) is 4.98 Å². The van der Waals surface area contributed by atoms with E-state index in [-0.39, 0.29) is 5.41 Å². The number of H-pyrrole nitrogens is 1. The van der Waals surface area contributed by atoms with Crippen LogP contribution in [-0.2, 0) is 5.41 Å². The number of aromatic nitrogens is 1. The Kier molecular flexibility index (Phi) is 2.56. The van der Waals surface area contributed by atoms with Crippen LogP contribution >= 0.6 is 0 Å². The summed E-state index contributed by atoms with van der Waals surface area (Å²) < 4.78 is 0. The van der Waals surface area contributed by atoms with Gasteiger partial charge in [0.2, 0.25) is 0 Å². The normalized spacial score (nSPS) is 12.2. The van der Waals surface area contributed by atoms with E-state index >= 15 is 0 Å². The van der Waals surface area contributed by atoms with Crippen LogP contribution in [-0.4, -0.2) is 4.98 Å². The maximum Gasteiger partial charge on any atom is 0.0456 e. The van der Waals surface area contributed by atoms with Crippen LogP contribution in [0.5, 0.6) is 0 Å². The van der Waals surface area contributed by atoms with Gasteiger partial charge < -0.3 is 4.98 Å². The molecular formula is C14H19N. The molecule has 80 valence electrons.